The summed E-state index contributed by atoms with van der Waals surface area (Å²) in [4.78, 5) is 3.09. The molecular weight excluding hydrogens is 279 g/mol. The Morgan fingerprint density at radius 2 is 1.81 bits per heavy atom. The van der Waals surface area contributed by atoms with E-state index in [0.717, 1.165) is 28.6 Å². The SMILES string of the molecule is Oc1ccc(Cc2c[nH]c3ccccc23)cc1C(F)(F)F. The third-order valence-electron chi connectivity index (χ3n) is 3.44. The predicted octanol–water partition coefficient (Wildman–Crippen LogP) is 4.48. The zero-order valence-electron chi connectivity index (χ0n) is 10.9. The smallest absolute Gasteiger partial charge is 0.419 e. The Morgan fingerprint density at radius 1 is 1.05 bits per heavy atom. The summed E-state index contributed by atoms with van der Waals surface area (Å²) in [6, 6.07) is 11.2. The third kappa shape index (κ3) is 2.59. The number of H-pyrrole nitrogens is 1. The van der Waals surface area contributed by atoms with Gasteiger partial charge in [-0.05, 0) is 35.7 Å². The highest BCUT2D eigenvalue weighted by Crippen LogP contribution is 2.36. The summed E-state index contributed by atoms with van der Waals surface area (Å²) in [5.74, 6) is -0.745. The van der Waals surface area contributed by atoms with E-state index in [2.05, 4.69) is 4.98 Å². The summed E-state index contributed by atoms with van der Waals surface area (Å²) in [5, 5.41) is 10.3. The van der Waals surface area contributed by atoms with Crippen LogP contribution in [0.2, 0.25) is 0 Å². The zero-order chi connectivity index (χ0) is 15.0. The molecule has 0 spiro atoms. The van der Waals surface area contributed by atoms with Crippen molar-refractivity contribution in [3.8, 4) is 5.75 Å². The van der Waals surface area contributed by atoms with Crippen molar-refractivity contribution in [3.05, 3.63) is 65.4 Å². The van der Waals surface area contributed by atoms with Crippen molar-refractivity contribution in [3.63, 3.8) is 0 Å². The third-order valence-corrected chi connectivity index (χ3v) is 3.44. The van der Waals surface area contributed by atoms with E-state index in [4.69, 9.17) is 0 Å². The van der Waals surface area contributed by atoms with E-state index in [1.807, 2.05) is 24.3 Å². The molecule has 0 radical (unpaired) electrons. The first kappa shape index (κ1) is 13.5. The molecule has 3 rings (SSSR count). The van der Waals surface area contributed by atoms with Gasteiger partial charge in [0, 0.05) is 17.1 Å². The van der Waals surface area contributed by atoms with Gasteiger partial charge in [0.1, 0.15) is 5.75 Å². The van der Waals surface area contributed by atoms with Crippen LogP contribution in [0.25, 0.3) is 10.9 Å². The van der Waals surface area contributed by atoms with Gasteiger partial charge < -0.3 is 10.1 Å². The summed E-state index contributed by atoms with van der Waals surface area (Å²) >= 11 is 0. The number of nitrogens with one attached hydrogen (secondary N) is 1. The number of phenolic OH excluding ortho intramolecular Hbond substituents is 1. The highest BCUT2D eigenvalue weighted by atomic mass is 19.4. The number of fused-ring (bicyclic) bond motifs is 1. The van der Waals surface area contributed by atoms with Gasteiger partial charge in [-0.1, -0.05) is 24.3 Å². The molecule has 0 saturated heterocycles. The summed E-state index contributed by atoms with van der Waals surface area (Å²) in [6.07, 6.45) is -2.39. The molecular formula is C16H12F3NO. The van der Waals surface area contributed by atoms with Crippen LogP contribution in [-0.2, 0) is 12.6 Å². The molecule has 0 amide bonds. The summed E-state index contributed by atoms with van der Waals surface area (Å²) < 4.78 is 38.4. The molecule has 2 nitrogen and oxygen atoms in total. The average molecular weight is 291 g/mol. The number of aromatic amines is 1. The molecule has 2 N–H and O–H groups in total. The van der Waals surface area contributed by atoms with Crippen LogP contribution in [0, 0.1) is 0 Å². The van der Waals surface area contributed by atoms with E-state index in [-0.39, 0.29) is 0 Å². The fourth-order valence-electron chi connectivity index (χ4n) is 2.42. The molecule has 0 aliphatic heterocycles. The number of alkyl halides is 3. The molecule has 2 aromatic carbocycles. The van der Waals surface area contributed by atoms with Crippen LogP contribution in [0.4, 0.5) is 13.2 Å². The first-order chi connectivity index (χ1) is 9.95. The lowest BCUT2D eigenvalue weighted by atomic mass is 10.0. The Bertz CT molecular complexity index is 790. The van der Waals surface area contributed by atoms with Crippen LogP contribution in [0.1, 0.15) is 16.7 Å². The zero-order valence-corrected chi connectivity index (χ0v) is 10.9. The molecule has 0 aliphatic rings. The van der Waals surface area contributed by atoms with Crippen LogP contribution >= 0.6 is 0 Å². The lowest BCUT2D eigenvalue weighted by molar-refractivity contribution is -0.138. The van der Waals surface area contributed by atoms with Gasteiger partial charge >= 0.3 is 6.18 Å². The Kier molecular flexibility index (Phi) is 3.12. The Hall–Kier alpha value is -2.43. The van der Waals surface area contributed by atoms with Gasteiger partial charge in [0.05, 0.1) is 5.56 Å². The fraction of sp³-hybridized carbons (Fsp3) is 0.125. The second-order valence-corrected chi connectivity index (χ2v) is 4.89. The second kappa shape index (κ2) is 4.84. The van der Waals surface area contributed by atoms with E-state index in [1.165, 1.54) is 6.07 Å². The first-order valence-corrected chi connectivity index (χ1v) is 6.39. The van der Waals surface area contributed by atoms with Crippen LogP contribution in [0.3, 0.4) is 0 Å². The molecule has 108 valence electrons. The number of phenols is 1. The summed E-state index contributed by atoms with van der Waals surface area (Å²) in [6.45, 7) is 0. The van der Waals surface area contributed by atoms with Crippen LogP contribution < -0.4 is 0 Å². The average Bonchev–Trinajstić information content (AvgIpc) is 2.83. The number of aromatic hydroxyl groups is 1. The summed E-state index contributed by atoms with van der Waals surface area (Å²) in [7, 11) is 0. The Balaban J connectivity index is 1.99. The van der Waals surface area contributed by atoms with E-state index in [0.29, 0.717) is 12.0 Å². The molecule has 0 aliphatic carbocycles. The molecule has 3 aromatic rings. The van der Waals surface area contributed by atoms with Gasteiger partial charge in [-0.3, -0.25) is 0 Å². The largest absolute Gasteiger partial charge is 0.507 e. The molecule has 1 aromatic heterocycles. The standard InChI is InChI=1S/C16H12F3NO/c17-16(18,19)13-8-10(5-6-15(13)21)7-11-9-20-14-4-2-1-3-12(11)14/h1-6,8-9,20-21H,7H2. The topological polar surface area (TPSA) is 36.0 Å². The second-order valence-electron chi connectivity index (χ2n) is 4.89. The number of rotatable bonds is 2. The van der Waals surface area contributed by atoms with Gasteiger partial charge in [0.2, 0.25) is 0 Å². The molecule has 0 fully saturated rings. The maximum Gasteiger partial charge on any atom is 0.419 e. The molecule has 1 heterocycles. The van der Waals surface area contributed by atoms with Crippen molar-refractivity contribution in [2.24, 2.45) is 0 Å². The Labute approximate surface area is 118 Å². The van der Waals surface area contributed by atoms with Crippen molar-refractivity contribution >= 4 is 10.9 Å². The van der Waals surface area contributed by atoms with Crippen LogP contribution in [0.5, 0.6) is 5.75 Å². The van der Waals surface area contributed by atoms with Gasteiger partial charge in [0.15, 0.2) is 0 Å². The lowest BCUT2D eigenvalue weighted by Gasteiger charge is -2.10. The number of hydrogen-bond acceptors (Lipinski definition) is 1. The molecule has 0 unspecified atom stereocenters. The number of benzene rings is 2. The molecule has 0 atom stereocenters. The van der Waals surface area contributed by atoms with E-state index in [9.17, 15) is 18.3 Å². The summed E-state index contributed by atoms with van der Waals surface area (Å²) in [5.41, 5.74) is 1.37. The molecule has 0 bridgehead atoms. The monoisotopic (exact) mass is 291 g/mol. The number of aromatic nitrogens is 1. The number of hydrogen-bond donors (Lipinski definition) is 2. The van der Waals surface area contributed by atoms with Crippen molar-refractivity contribution in [2.45, 2.75) is 12.6 Å². The van der Waals surface area contributed by atoms with E-state index < -0.39 is 17.5 Å². The highest BCUT2D eigenvalue weighted by Gasteiger charge is 2.33. The van der Waals surface area contributed by atoms with Crippen molar-refractivity contribution in [1.29, 1.82) is 0 Å². The predicted molar refractivity (Wildman–Crippen MR) is 74.2 cm³/mol. The van der Waals surface area contributed by atoms with E-state index in [1.54, 1.807) is 6.20 Å². The minimum Gasteiger partial charge on any atom is -0.507 e. The van der Waals surface area contributed by atoms with E-state index >= 15 is 0 Å². The normalized spacial score (nSPS) is 12.0. The minimum atomic E-state index is -4.56. The van der Waals surface area contributed by atoms with Crippen molar-refractivity contribution in [1.82, 2.24) is 4.98 Å². The van der Waals surface area contributed by atoms with Crippen LogP contribution in [-0.4, -0.2) is 10.1 Å². The van der Waals surface area contributed by atoms with Crippen molar-refractivity contribution in [2.75, 3.05) is 0 Å². The fourth-order valence-corrected chi connectivity index (χ4v) is 2.42. The number of halogens is 3. The molecule has 5 heteroatoms. The Morgan fingerprint density at radius 3 is 2.57 bits per heavy atom. The lowest BCUT2D eigenvalue weighted by Crippen LogP contribution is -2.06. The molecule has 21 heavy (non-hydrogen) atoms. The maximum atomic E-state index is 12.8. The first-order valence-electron chi connectivity index (χ1n) is 6.39. The quantitative estimate of drug-likeness (QED) is 0.717. The minimum absolute atomic E-state index is 0.368. The van der Waals surface area contributed by atoms with Crippen molar-refractivity contribution < 1.29 is 18.3 Å². The van der Waals surface area contributed by atoms with Gasteiger partial charge in [0.25, 0.3) is 0 Å². The van der Waals surface area contributed by atoms with Gasteiger partial charge in [-0.2, -0.15) is 13.2 Å². The van der Waals surface area contributed by atoms with Crippen LogP contribution in [0.15, 0.2) is 48.7 Å². The van der Waals surface area contributed by atoms with Gasteiger partial charge in [-0.25, -0.2) is 0 Å². The van der Waals surface area contributed by atoms with Gasteiger partial charge in [-0.15, -0.1) is 0 Å². The molecule has 0 saturated carbocycles. The number of para-hydroxylation sites is 1. The highest BCUT2D eigenvalue weighted by molar-refractivity contribution is 5.83. The maximum absolute atomic E-state index is 12.8.